The highest BCUT2D eigenvalue weighted by Gasteiger charge is 2.12. The molecule has 39 heavy (non-hydrogen) atoms. The molecule has 0 aliphatic rings. The number of aromatic nitrogens is 4. The van der Waals surface area contributed by atoms with Gasteiger partial charge in [0.2, 0.25) is 0 Å². The highest BCUT2D eigenvalue weighted by molar-refractivity contribution is 5.85. The van der Waals surface area contributed by atoms with E-state index in [9.17, 15) is 18.4 Å². The van der Waals surface area contributed by atoms with Crippen LogP contribution in [0, 0.1) is 32.4 Å². The first-order valence-electron chi connectivity index (χ1n) is 12.0. The van der Waals surface area contributed by atoms with Crippen molar-refractivity contribution < 1.29 is 8.78 Å². The van der Waals surface area contributed by atoms with Crippen LogP contribution in [0.25, 0.3) is 11.4 Å². The molecule has 10 heteroatoms. The SMILES string of the molecule is Cc1ccc(N=Cc2c(C)[nH]n(-c3ccc(F)cc3)c2=O)cc1N=Cc1c(C)[nH]n(-c2ccc(F)cc2)c1=O. The molecule has 0 radical (unpaired) electrons. The molecule has 8 nitrogen and oxygen atoms in total. The van der Waals surface area contributed by atoms with E-state index in [-0.39, 0.29) is 22.8 Å². The van der Waals surface area contributed by atoms with E-state index >= 15 is 0 Å². The maximum atomic E-state index is 13.3. The van der Waals surface area contributed by atoms with E-state index in [1.165, 1.54) is 70.3 Å². The van der Waals surface area contributed by atoms with E-state index in [1.807, 2.05) is 13.0 Å². The van der Waals surface area contributed by atoms with E-state index in [2.05, 4.69) is 20.2 Å². The minimum Gasteiger partial charge on any atom is -0.295 e. The van der Waals surface area contributed by atoms with Gasteiger partial charge in [0.15, 0.2) is 0 Å². The highest BCUT2D eigenvalue weighted by Crippen LogP contribution is 2.25. The molecule has 0 fully saturated rings. The van der Waals surface area contributed by atoms with Gasteiger partial charge < -0.3 is 0 Å². The number of H-pyrrole nitrogens is 2. The Bertz CT molecular complexity index is 1840. The number of nitrogens with one attached hydrogen (secondary N) is 2. The number of hydrogen-bond donors (Lipinski definition) is 2. The molecular formula is C29H24F2N6O2. The third-order valence-corrected chi connectivity index (χ3v) is 6.27. The van der Waals surface area contributed by atoms with Gasteiger partial charge in [0, 0.05) is 23.8 Å². The average Bonchev–Trinajstić information content (AvgIpc) is 3.37. The van der Waals surface area contributed by atoms with Gasteiger partial charge in [-0.25, -0.2) is 18.1 Å². The van der Waals surface area contributed by atoms with Crippen molar-refractivity contribution in [3.63, 3.8) is 0 Å². The summed E-state index contributed by atoms with van der Waals surface area (Å²) in [6.07, 6.45) is 2.96. The van der Waals surface area contributed by atoms with Crippen molar-refractivity contribution in [2.45, 2.75) is 20.8 Å². The molecule has 0 spiro atoms. The van der Waals surface area contributed by atoms with Gasteiger partial charge in [-0.3, -0.25) is 29.8 Å². The molecule has 0 amide bonds. The number of aryl methyl sites for hydroxylation is 3. The number of hydrogen-bond acceptors (Lipinski definition) is 4. The molecule has 5 aromatic rings. The molecule has 0 saturated heterocycles. The fourth-order valence-electron chi connectivity index (χ4n) is 4.06. The summed E-state index contributed by atoms with van der Waals surface area (Å²) >= 11 is 0. The summed E-state index contributed by atoms with van der Waals surface area (Å²) in [5.74, 6) is -0.778. The van der Waals surface area contributed by atoms with Gasteiger partial charge in [-0.05, 0) is 87.0 Å². The Labute approximate surface area is 221 Å². The monoisotopic (exact) mass is 526 g/mol. The average molecular weight is 527 g/mol. The molecule has 0 atom stereocenters. The summed E-state index contributed by atoms with van der Waals surface area (Å²) < 4.78 is 29.2. The standard InChI is InChI=1S/C29H24F2N6O2/c1-17-4-9-22(32-15-25-18(2)34-36(28(25)38)23-10-5-20(30)6-11-23)14-27(17)33-16-26-19(3)35-37(29(26)39)24-12-7-21(31)8-13-24/h4-16,34-35H,1-3H3. The molecule has 0 aliphatic carbocycles. The second kappa shape index (κ2) is 10.3. The molecule has 0 unspecified atom stereocenters. The van der Waals surface area contributed by atoms with Crippen LogP contribution in [-0.2, 0) is 0 Å². The van der Waals surface area contributed by atoms with Crippen LogP contribution in [0.4, 0.5) is 20.2 Å². The summed E-state index contributed by atoms with van der Waals surface area (Å²) in [5.41, 5.74) is 4.40. The number of benzene rings is 3. The lowest BCUT2D eigenvalue weighted by atomic mass is 10.2. The van der Waals surface area contributed by atoms with Crippen molar-refractivity contribution in [3.05, 3.63) is 127 Å². The van der Waals surface area contributed by atoms with Crippen LogP contribution in [-0.4, -0.2) is 32.0 Å². The summed E-state index contributed by atoms with van der Waals surface area (Å²) in [6, 6.07) is 16.6. The molecule has 0 aliphatic heterocycles. The van der Waals surface area contributed by atoms with Gasteiger partial charge >= 0.3 is 0 Å². The summed E-state index contributed by atoms with van der Waals surface area (Å²) in [4.78, 5) is 34.9. The maximum Gasteiger partial charge on any atom is 0.280 e. The minimum atomic E-state index is -0.389. The van der Waals surface area contributed by atoms with Crippen LogP contribution in [0.3, 0.4) is 0 Å². The predicted molar refractivity (Wildman–Crippen MR) is 148 cm³/mol. The Hall–Kier alpha value is -5.12. The molecule has 0 bridgehead atoms. The predicted octanol–water partition coefficient (Wildman–Crippen LogP) is 5.35. The van der Waals surface area contributed by atoms with E-state index < -0.39 is 0 Å². The van der Waals surface area contributed by atoms with E-state index in [0.717, 1.165) is 5.56 Å². The smallest absolute Gasteiger partial charge is 0.280 e. The fourth-order valence-corrected chi connectivity index (χ4v) is 4.06. The zero-order valence-electron chi connectivity index (χ0n) is 21.4. The largest absolute Gasteiger partial charge is 0.295 e. The molecule has 5 rings (SSSR count). The van der Waals surface area contributed by atoms with E-state index in [1.54, 1.807) is 26.0 Å². The van der Waals surface area contributed by atoms with Crippen molar-refractivity contribution in [1.29, 1.82) is 0 Å². The van der Waals surface area contributed by atoms with Crippen LogP contribution in [0.15, 0.2) is 86.3 Å². The number of aliphatic imine (C=N–C) groups is 2. The lowest BCUT2D eigenvalue weighted by Crippen LogP contribution is -2.17. The zero-order chi connectivity index (χ0) is 27.7. The first-order valence-corrected chi connectivity index (χ1v) is 12.0. The van der Waals surface area contributed by atoms with E-state index in [0.29, 0.717) is 45.3 Å². The highest BCUT2D eigenvalue weighted by atomic mass is 19.1. The molecule has 0 saturated carbocycles. The first-order chi connectivity index (χ1) is 18.7. The molecule has 3 aromatic carbocycles. The van der Waals surface area contributed by atoms with Gasteiger partial charge in [-0.1, -0.05) is 6.07 Å². The number of rotatable bonds is 6. The third-order valence-electron chi connectivity index (χ3n) is 6.27. The van der Waals surface area contributed by atoms with Gasteiger partial charge in [-0.15, -0.1) is 0 Å². The Morgan fingerprint density at radius 1 is 0.667 bits per heavy atom. The van der Waals surface area contributed by atoms with Gasteiger partial charge in [0.25, 0.3) is 11.1 Å². The number of aromatic amines is 2. The molecule has 196 valence electrons. The van der Waals surface area contributed by atoms with Crippen LogP contribution in [0.1, 0.15) is 28.1 Å². The van der Waals surface area contributed by atoms with Crippen molar-refractivity contribution in [2.24, 2.45) is 9.98 Å². The Morgan fingerprint density at radius 2 is 1.13 bits per heavy atom. The molecule has 2 N–H and O–H groups in total. The Balaban J connectivity index is 1.42. The molecule has 2 heterocycles. The van der Waals surface area contributed by atoms with Crippen molar-refractivity contribution in [1.82, 2.24) is 19.6 Å². The van der Waals surface area contributed by atoms with Crippen molar-refractivity contribution in [2.75, 3.05) is 0 Å². The quantitative estimate of drug-likeness (QED) is 0.292. The normalized spacial score (nSPS) is 11.7. The van der Waals surface area contributed by atoms with Crippen LogP contribution in [0.5, 0.6) is 0 Å². The topological polar surface area (TPSA) is 100 Å². The Morgan fingerprint density at radius 3 is 1.62 bits per heavy atom. The van der Waals surface area contributed by atoms with Crippen molar-refractivity contribution in [3.8, 4) is 11.4 Å². The lowest BCUT2D eigenvalue weighted by molar-refractivity contribution is 0.626. The van der Waals surface area contributed by atoms with Gasteiger partial charge in [-0.2, -0.15) is 0 Å². The Kier molecular flexibility index (Phi) is 6.76. The fraction of sp³-hybridized carbons (Fsp3) is 0.103. The van der Waals surface area contributed by atoms with Gasteiger partial charge in [0.1, 0.15) is 11.6 Å². The summed E-state index contributed by atoms with van der Waals surface area (Å²) in [6.45, 7) is 5.40. The molecular weight excluding hydrogens is 502 g/mol. The van der Waals surface area contributed by atoms with Crippen LogP contribution < -0.4 is 11.1 Å². The third kappa shape index (κ3) is 5.17. The van der Waals surface area contributed by atoms with Gasteiger partial charge in [0.05, 0.1) is 33.9 Å². The lowest BCUT2D eigenvalue weighted by Gasteiger charge is -2.01. The number of halogens is 2. The second-order valence-electron chi connectivity index (χ2n) is 9.02. The zero-order valence-corrected chi connectivity index (χ0v) is 21.4. The maximum absolute atomic E-state index is 13.3. The second-order valence-corrected chi connectivity index (χ2v) is 9.02. The van der Waals surface area contributed by atoms with Crippen molar-refractivity contribution >= 4 is 23.8 Å². The molecule has 2 aromatic heterocycles. The van der Waals surface area contributed by atoms with Crippen LogP contribution >= 0.6 is 0 Å². The summed E-state index contributed by atoms with van der Waals surface area (Å²) in [5, 5.41) is 5.98. The minimum absolute atomic E-state index is 0.310. The number of nitrogens with zero attached hydrogens (tertiary/aromatic N) is 4. The van der Waals surface area contributed by atoms with Crippen LogP contribution in [0.2, 0.25) is 0 Å². The first kappa shape index (κ1) is 25.5. The van der Waals surface area contributed by atoms with E-state index in [4.69, 9.17) is 0 Å². The summed E-state index contributed by atoms with van der Waals surface area (Å²) in [7, 11) is 0.